The molecule has 1 aromatic carbocycles. The fraction of sp³-hybridized carbons (Fsp3) is 0.467. The quantitative estimate of drug-likeness (QED) is 0.834. The minimum atomic E-state index is -1.37. The van der Waals surface area contributed by atoms with Crippen molar-refractivity contribution in [1.29, 1.82) is 0 Å². The van der Waals surface area contributed by atoms with E-state index in [0.29, 0.717) is 0 Å². The summed E-state index contributed by atoms with van der Waals surface area (Å²) >= 11 is 0. The number of ether oxygens (including phenoxy) is 2. The molecule has 1 unspecified atom stereocenters. The van der Waals surface area contributed by atoms with Gasteiger partial charge in [-0.2, -0.15) is 0 Å². The Balaban J connectivity index is 2.68. The van der Waals surface area contributed by atoms with E-state index >= 15 is 0 Å². The van der Waals surface area contributed by atoms with Crippen molar-refractivity contribution in [3.05, 3.63) is 35.9 Å². The first-order valence-electron chi connectivity index (χ1n) is 6.58. The van der Waals surface area contributed by atoms with E-state index in [0.717, 1.165) is 10.5 Å². The van der Waals surface area contributed by atoms with Crippen molar-refractivity contribution in [2.75, 3.05) is 20.8 Å². The van der Waals surface area contributed by atoms with Gasteiger partial charge in [0.05, 0.1) is 0 Å². The summed E-state index contributed by atoms with van der Waals surface area (Å²) in [5, 5.41) is 9.36. The number of rotatable bonds is 7. The molecule has 0 bridgehead atoms. The van der Waals surface area contributed by atoms with Gasteiger partial charge in [0.25, 0.3) is 0 Å². The van der Waals surface area contributed by atoms with Crippen molar-refractivity contribution in [2.45, 2.75) is 25.5 Å². The molecule has 1 amide bonds. The summed E-state index contributed by atoms with van der Waals surface area (Å²) in [6, 6.07) is 9.20. The Hall–Kier alpha value is -2.08. The lowest BCUT2D eigenvalue weighted by Gasteiger charge is -2.34. The molecule has 6 nitrogen and oxygen atoms in total. The molecule has 0 aromatic heterocycles. The van der Waals surface area contributed by atoms with Crippen LogP contribution in [-0.2, 0) is 20.9 Å². The number of benzene rings is 1. The Kier molecular flexibility index (Phi) is 6.17. The zero-order valence-corrected chi connectivity index (χ0v) is 12.5. The fourth-order valence-electron chi connectivity index (χ4n) is 1.74. The molecule has 0 saturated heterocycles. The average molecular weight is 295 g/mol. The van der Waals surface area contributed by atoms with Crippen LogP contribution < -0.4 is 0 Å². The molecule has 1 aromatic rings. The number of hydrogen-bond donors (Lipinski definition) is 1. The smallest absolute Gasteiger partial charge is 0.410 e. The molecule has 0 heterocycles. The van der Waals surface area contributed by atoms with Gasteiger partial charge in [-0.15, -0.1) is 0 Å². The third-order valence-electron chi connectivity index (χ3n) is 3.47. The summed E-state index contributed by atoms with van der Waals surface area (Å²) < 4.78 is 10.1. The van der Waals surface area contributed by atoms with Gasteiger partial charge in [0.1, 0.15) is 12.1 Å². The van der Waals surface area contributed by atoms with E-state index < -0.39 is 17.6 Å². The molecule has 116 valence electrons. The second-order valence-corrected chi connectivity index (χ2v) is 4.92. The van der Waals surface area contributed by atoms with E-state index in [1.807, 2.05) is 30.3 Å². The highest BCUT2D eigenvalue weighted by Gasteiger charge is 2.40. The molecule has 0 aliphatic heterocycles. The minimum Gasteiger partial charge on any atom is -0.480 e. The lowest BCUT2D eigenvalue weighted by Crippen LogP contribution is -2.53. The van der Waals surface area contributed by atoms with Gasteiger partial charge in [0.2, 0.25) is 0 Å². The highest BCUT2D eigenvalue weighted by molar-refractivity contribution is 5.83. The van der Waals surface area contributed by atoms with Gasteiger partial charge in [0, 0.05) is 27.2 Å². The lowest BCUT2D eigenvalue weighted by atomic mass is 9.97. The third kappa shape index (κ3) is 4.46. The molecule has 21 heavy (non-hydrogen) atoms. The monoisotopic (exact) mass is 295 g/mol. The number of aliphatic carboxylic acids is 1. The Morgan fingerprint density at radius 3 is 2.43 bits per heavy atom. The SMILES string of the molecule is COCCC(C)(C(=O)O)N(C)C(=O)OCc1ccccc1. The van der Waals surface area contributed by atoms with Gasteiger partial charge in [-0.25, -0.2) is 9.59 Å². The summed E-state index contributed by atoms with van der Waals surface area (Å²) in [5.74, 6) is -1.10. The van der Waals surface area contributed by atoms with Gasteiger partial charge in [-0.1, -0.05) is 30.3 Å². The molecule has 6 heteroatoms. The van der Waals surface area contributed by atoms with Crippen molar-refractivity contribution in [3.63, 3.8) is 0 Å². The van der Waals surface area contributed by atoms with Gasteiger partial charge in [-0.3, -0.25) is 4.90 Å². The first-order valence-corrected chi connectivity index (χ1v) is 6.58. The van der Waals surface area contributed by atoms with Crippen LogP contribution >= 0.6 is 0 Å². The number of carboxylic acids is 1. The standard InChI is InChI=1S/C15H21NO5/c1-15(13(17)18,9-10-20-3)16(2)14(19)21-11-12-7-5-4-6-8-12/h4-8H,9-11H2,1-3H3,(H,17,18). The predicted molar refractivity (Wildman–Crippen MR) is 76.9 cm³/mol. The van der Waals surface area contributed by atoms with E-state index in [9.17, 15) is 14.7 Å². The topological polar surface area (TPSA) is 76.1 Å². The van der Waals surface area contributed by atoms with E-state index in [2.05, 4.69) is 0 Å². The Bertz CT molecular complexity index is 476. The lowest BCUT2D eigenvalue weighted by molar-refractivity contribution is -0.149. The fourth-order valence-corrected chi connectivity index (χ4v) is 1.74. The van der Waals surface area contributed by atoms with Crippen molar-refractivity contribution >= 4 is 12.1 Å². The molecule has 0 radical (unpaired) electrons. The van der Waals surface area contributed by atoms with Crippen LogP contribution in [0.5, 0.6) is 0 Å². The molecule has 0 aliphatic carbocycles. The first-order chi connectivity index (χ1) is 9.91. The van der Waals surface area contributed by atoms with E-state index in [4.69, 9.17) is 9.47 Å². The first kappa shape index (κ1) is 17.0. The number of likely N-dealkylation sites (N-methyl/N-ethyl adjacent to an activating group) is 1. The molecular formula is C15H21NO5. The summed E-state index contributed by atoms with van der Waals surface area (Å²) in [4.78, 5) is 24.6. The number of hydrogen-bond acceptors (Lipinski definition) is 4. The molecule has 0 aliphatic rings. The third-order valence-corrected chi connectivity index (χ3v) is 3.47. The van der Waals surface area contributed by atoms with Crippen molar-refractivity contribution in [1.82, 2.24) is 4.90 Å². The maximum Gasteiger partial charge on any atom is 0.410 e. The number of nitrogens with zero attached hydrogens (tertiary/aromatic N) is 1. The molecule has 0 fully saturated rings. The van der Waals surface area contributed by atoms with Crippen molar-refractivity contribution < 1.29 is 24.2 Å². The Morgan fingerprint density at radius 2 is 1.90 bits per heavy atom. The van der Waals surface area contributed by atoms with Crippen LogP contribution in [0.4, 0.5) is 4.79 Å². The van der Waals surface area contributed by atoms with Crippen molar-refractivity contribution in [2.24, 2.45) is 0 Å². The number of carbonyl (C=O) groups is 2. The average Bonchev–Trinajstić information content (AvgIpc) is 2.50. The highest BCUT2D eigenvalue weighted by Crippen LogP contribution is 2.20. The second-order valence-electron chi connectivity index (χ2n) is 4.92. The Morgan fingerprint density at radius 1 is 1.29 bits per heavy atom. The molecule has 0 saturated carbocycles. The van der Waals surface area contributed by atoms with Gasteiger partial charge < -0.3 is 14.6 Å². The normalized spacial score (nSPS) is 13.3. The second kappa shape index (κ2) is 7.64. The van der Waals surface area contributed by atoms with Gasteiger partial charge in [-0.05, 0) is 12.5 Å². The predicted octanol–water partition coefficient (Wildman–Crippen LogP) is 2.13. The van der Waals surface area contributed by atoms with Crippen LogP contribution in [0.2, 0.25) is 0 Å². The zero-order chi connectivity index (χ0) is 15.9. The van der Waals surface area contributed by atoms with Crippen LogP contribution in [0.3, 0.4) is 0 Å². The maximum atomic E-state index is 12.0. The minimum absolute atomic E-state index is 0.101. The van der Waals surface area contributed by atoms with Crippen LogP contribution in [0.1, 0.15) is 18.9 Å². The van der Waals surface area contributed by atoms with E-state index in [-0.39, 0.29) is 19.6 Å². The maximum absolute atomic E-state index is 12.0. The van der Waals surface area contributed by atoms with Gasteiger partial charge in [0.15, 0.2) is 0 Å². The van der Waals surface area contributed by atoms with Crippen LogP contribution in [0, 0.1) is 0 Å². The van der Waals surface area contributed by atoms with E-state index in [1.165, 1.54) is 21.1 Å². The van der Waals surface area contributed by atoms with Gasteiger partial charge >= 0.3 is 12.1 Å². The summed E-state index contributed by atoms with van der Waals surface area (Å²) in [6.45, 7) is 1.81. The molecule has 1 atom stereocenters. The summed E-state index contributed by atoms with van der Waals surface area (Å²) in [5.41, 5.74) is -0.530. The van der Waals surface area contributed by atoms with Crippen LogP contribution in [0.15, 0.2) is 30.3 Å². The number of carbonyl (C=O) groups excluding carboxylic acids is 1. The van der Waals surface area contributed by atoms with Crippen LogP contribution in [0.25, 0.3) is 0 Å². The Labute approximate surface area is 124 Å². The molecule has 1 N–H and O–H groups in total. The van der Waals surface area contributed by atoms with Crippen LogP contribution in [-0.4, -0.2) is 48.4 Å². The number of methoxy groups -OCH3 is 1. The highest BCUT2D eigenvalue weighted by atomic mass is 16.6. The molecule has 1 rings (SSSR count). The number of amides is 1. The molecule has 0 spiro atoms. The summed E-state index contributed by atoms with van der Waals surface area (Å²) in [7, 11) is 2.90. The largest absolute Gasteiger partial charge is 0.480 e. The number of carboxylic acid groups (broad SMARTS) is 1. The van der Waals surface area contributed by atoms with Crippen molar-refractivity contribution in [3.8, 4) is 0 Å². The van der Waals surface area contributed by atoms with E-state index in [1.54, 1.807) is 0 Å². The summed E-state index contributed by atoms with van der Waals surface area (Å²) in [6.07, 6.45) is -0.504. The molecular weight excluding hydrogens is 274 g/mol. The zero-order valence-electron chi connectivity index (χ0n) is 12.5.